The Morgan fingerprint density at radius 1 is 1.41 bits per heavy atom. The number of nitrogens with one attached hydrogen (secondary N) is 1. The third kappa shape index (κ3) is 6.81. The lowest BCUT2D eigenvalue weighted by Gasteiger charge is -2.19. The van der Waals surface area contributed by atoms with Gasteiger partial charge in [0.1, 0.15) is 0 Å². The molecule has 2 nitrogen and oxygen atoms in total. The van der Waals surface area contributed by atoms with Crippen LogP contribution < -0.4 is 5.32 Å². The van der Waals surface area contributed by atoms with Crippen LogP contribution >= 0.6 is 11.3 Å². The van der Waals surface area contributed by atoms with Crippen molar-refractivity contribution in [3.05, 3.63) is 22.4 Å². The first-order valence-electron chi connectivity index (χ1n) is 6.59. The topological polar surface area (TPSA) is 21.3 Å². The molecule has 1 N–H and O–H groups in total. The van der Waals surface area contributed by atoms with E-state index >= 15 is 0 Å². The highest BCUT2D eigenvalue weighted by molar-refractivity contribution is 7.09. The molecule has 0 bridgehead atoms. The zero-order valence-electron chi connectivity index (χ0n) is 11.2. The highest BCUT2D eigenvalue weighted by Gasteiger charge is 2.09. The van der Waals surface area contributed by atoms with Crippen molar-refractivity contribution in [1.82, 2.24) is 5.32 Å². The van der Waals surface area contributed by atoms with Crippen molar-refractivity contribution < 1.29 is 4.74 Å². The standard InChI is InChI=1S/C14H25NOS/c1-4-9-15-13(11-16-12(2)3)7-8-14-6-5-10-17-14/h5-6,10,12-13,15H,4,7-9,11H2,1-3H3. The summed E-state index contributed by atoms with van der Waals surface area (Å²) in [4.78, 5) is 1.47. The minimum Gasteiger partial charge on any atom is -0.377 e. The number of ether oxygens (including phenoxy) is 1. The van der Waals surface area contributed by atoms with E-state index in [9.17, 15) is 0 Å². The van der Waals surface area contributed by atoms with Crippen molar-refractivity contribution in [2.75, 3.05) is 13.2 Å². The van der Waals surface area contributed by atoms with Gasteiger partial charge in [-0.05, 0) is 51.1 Å². The normalized spacial score (nSPS) is 13.2. The number of hydrogen-bond acceptors (Lipinski definition) is 3. The number of hydrogen-bond donors (Lipinski definition) is 1. The molecule has 0 spiro atoms. The molecule has 1 rings (SSSR count). The first kappa shape index (κ1) is 14.7. The predicted octanol–water partition coefficient (Wildman–Crippen LogP) is 3.47. The molecule has 0 amide bonds. The molecule has 1 unspecified atom stereocenters. The lowest BCUT2D eigenvalue weighted by atomic mass is 10.1. The Morgan fingerprint density at radius 3 is 2.82 bits per heavy atom. The molecule has 1 aromatic heterocycles. The first-order valence-corrected chi connectivity index (χ1v) is 7.47. The van der Waals surface area contributed by atoms with Gasteiger partial charge in [-0.25, -0.2) is 0 Å². The van der Waals surface area contributed by atoms with E-state index in [4.69, 9.17) is 4.74 Å². The van der Waals surface area contributed by atoms with Crippen molar-refractivity contribution in [2.45, 2.75) is 52.2 Å². The fourth-order valence-corrected chi connectivity index (χ4v) is 2.40. The highest BCUT2D eigenvalue weighted by atomic mass is 32.1. The second-order valence-corrected chi connectivity index (χ2v) is 5.68. The van der Waals surface area contributed by atoms with Crippen LogP contribution in [0.5, 0.6) is 0 Å². The molecule has 17 heavy (non-hydrogen) atoms. The molecule has 1 heterocycles. The fourth-order valence-electron chi connectivity index (χ4n) is 1.67. The van der Waals surface area contributed by atoms with Crippen molar-refractivity contribution in [3.8, 4) is 0 Å². The van der Waals surface area contributed by atoms with Crippen LogP contribution in [0.15, 0.2) is 17.5 Å². The number of aryl methyl sites for hydroxylation is 1. The molecule has 0 saturated carbocycles. The van der Waals surface area contributed by atoms with E-state index in [2.05, 4.69) is 43.6 Å². The van der Waals surface area contributed by atoms with E-state index in [0.29, 0.717) is 12.1 Å². The Balaban J connectivity index is 2.28. The van der Waals surface area contributed by atoms with Crippen molar-refractivity contribution >= 4 is 11.3 Å². The lowest BCUT2D eigenvalue weighted by Crippen LogP contribution is -2.35. The summed E-state index contributed by atoms with van der Waals surface area (Å²) in [5, 5.41) is 5.71. The molecule has 3 heteroatoms. The zero-order valence-corrected chi connectivity index (χ0v) is 12.1. The van der Waals surface area contributed by atoms with Crippen LogP contribution in [-0.2, 0) is 11.2 Å². The summed E-state index contributed by atoms with van der Waals surface area (Å²) < 4.78 is 5.71. The molecule has 0 aliphatic heterocycles. The van der Waals surface area contributed by atoms with E-state index < -0.39 is 0 Å². The zero-order chi connectivity index (χ0) is 12.5. The minimum atomic E-state index is 0.322. The molecule has 1 atom stereocenters. The Hall–Kier alpha value is -0.380. The van der Waals surface area contributed by atoms with E-state index in [0.717, 1.165) is 26.0 Å². The Bertz CT molecular complexity index is 272. The quantitative estimate of drug-likeness (QED) is 0.729. The summed E-state index contributed by atoms with van der Waals surface area (Å²) in [7, 11) is 0. The van der Waals surface area contributed by atoms with Gasteiger partial charge in [-0.2, -0.15) is 0 Å². The SMILES string of the molecule is CCCNC(CCc1cccs1)COC(C)C. The highest BCUT2D eigenvalue weighted by Crippen LogP contribution is 2.12. The first-order chi connectivity index (χ1) is 8.22. The van der Waals surface area contributed by atoms with Gasteiger partial charge in [-0.1, -0.05) is 13.0 Å². The third-order valence-corrected chi connectivity index (χ3v) is 3.57. The second kappa shape index (κ2) is 8.67. The van der Waals surface area contributed by atoms with Crippen molar-refractivity contribution in [1.29, 1.82) is 0 Å². The summed E-state index contributed by atoms with van der Waals surface area (Å²) in [6, 6.07) is 4.82. The maximum Gasteiger partial charge on any atom is 0.0623 e. The average molecular weight is 255 g/mol. The van der Waals surface area contributed by atoms with Gasteiger partial charge in [0.05, 0.1) is 12.7 Å². The molecule has 0 fully saturated rings. The fraction of sp³-hybridized carbons (Fsp3) is 0.714. The Labute approximate surface area is 109 Å². The van der Waals surface area contributed by atoms with Crippen molar-refractivity contribution in [3.63, 3.8) is 0 Å². The van der Waals surface area contributed by atoms with Gasteiger partial charge in [0.25, 0.3) is 0 Å². The molecular formula is C14H25NOS. The van der Waals surface area contributed by atoms with E-state index in [1.165, 1.54) is 11.3 Å². The summed E-state index contributed by atoms with van der Waals surface area (Å²) in [5.41, 5.74) is 0. The monoisotopic (exact) mass is 255 g/mol. The molecule has 0 aliphatic rings. The van der Waals surface area contributed by atoms with Gasteiger partial charge in [-0.15, -0.1) is 11.3 Å². The molecular weight excluding hydrogens is 230 g/mol. The van der Waals surface area contributed by atoms with Crippen LogP contribution in [0.3, 0.4) is 0 Å². The maximum atomic E-state index is 5.71. The van der Waals surface area contributed by atoms with E-state index in [-0.39, 0.29) is 0 Å². The molecule has 0 radical (unpaired) electrons. The molecule has 0 aromatic carbocycles. The van der Waals surface area contributed by atoms with Gasteiger partial charge < -0.3 is 10.1 Å². The second-order valence-electron chi connectivity index (χ2n) is 4.65. The molecule has 1 aromatic rings. The van der Waals surface area contributed by atoms with Crippen LogP contribution in [0.4, 0.5) is 0 Å². The van der Waals surface area contributed by atoms with Crippen LogP contribution in [0.25, 0.3) is 0 Å². The van der Waals surface area contributed by atoms with Crippen LogP contribution in [0, 0.1) is 0 Å². The molecule has 0 saturated heterocycles. The van der Waals surface area contributed by atoms with Gasteiger partial charge in [0.2, 0.25) is 0 Å². The average Bonchev–Trinajstić information content (AvgIpc) is 2.80. The summed E-state index contributed by atoms with van der Waals surface area (Å²) >= 11 is 1.84. The van der Waals surface area contributed by atoms with E-state index in [1.807, 2.05) is 11.3 Å². The molecule has 0 aliphatic carbocycles. The van der Waals surface area contributed by atoms with Gasteiger partial charge in [0, 0.05) is 10.9 Å². The maximum absolute atomic E-state index is 5.71. The van der Waals surface area contributed by atoms with Gasteiger partial charge in [0.15, 0.2) is 0 Å². The van der Waals surface area contributed by atoms with Crippen molar-refractivity contribution in [2.24, 2.45) is 0 Å². The predicted molar refractivity (Wildman–Crippen MR) is 75.8 cm³/mol. The Morgan fingerprint density at radius 2 is 2.24 bits per heavy atom. The largest absolute Gasteiger partial charge is 0.377 e. The Kier molecular flexibility index (Phi) is 7.49. The lowest BCUT2D eigenvalue weighted by molar-refractivity contribution is 0.0597. The number of thiophene rings is 1. The van der Waals surface area contributed by atoms with Crippen LogP contribution in [-0.4, -0.2) is 25.3 Å². The summed E-state index contributed by atoms with van der Waals surface area (Å²) in [6.45, 7) is 8.29. The summed E-state index contributed by atoms with van der Waals surface area (Å²) in [5.74, 6) is 0. The smallest absolute Gasteiger partial charge is 0.0623 e. The van der Waals surface area contributed by atoms with Gasteiger partial charge >= 0.3 is 0 Å². The van der Waals surface area contributed by atoms with Gasteiger partial charge in [-0.3, -0.25) is 0 Å². The molecule has 98 valence electrons. The summed E-state index contributed by atoms with van der Waals surface area (Å²) in [6.07, 6.45) is 3.81. The van der Waals surface area contributed by atoms with Crippen LogP contribution in [0.1, 0.15) is 38.5 Å². The third-order valence-electron chi connectivity index (χ3n) is 2.63. The van der Waals surface area contributed by atoms with Crippen LogP contribution in [0.2, 0.25) is 0 Å². The minimum absolute atomic E-state index is 0.322. The number of rotatable bonds is 9. The van der Waals surface area contributed by atoms with E-state index in [1.54, 1.807) is 0 Å².